The summed E-state index contributed by atoms with van der Waals surface area (Å²) in [6.07, 6.45) is 12.7. The van der Waals surface area contributed by atoms with Gasteiger partial charge in [-0.3, -0.25) is 9.78 Å². The molecule has 290 valence electrons. The molecular weight excluding hydrogens is 677 g/mol. The monoisotopic (exact) mass is 736 g/mol. The molecule has 9 heteroatoms. The van der Waals surface area contributed by atoms with Crippen molar-refractivity contribution >= 4 is 5.97 Å². The molecule has 1 saturated heterocycles. The summed E-state index contributed by atoms with van der Waals surface area (Å²) >= 11 is 0. The smallest absolute Gasteiger partial charge is 0.310 e. The normalized spacial score (nSPS) is 39.1. The zero-order valence-electron chi connectivity index (χ0n) is 33.5. The molecule has 1 aliphatic heterocycles. The molecule has 0 radical (unpaired) electrons. The fraction of sp³-hybridized carbons (Fsp3) is 0.644. The van der Waals surface area contributed by atoms with Gasteiger partial charge in [0.1, 0.15) is 18.7 Å². The summed E-state index contributed by atoms with van der Waals surface area (Å²) < 4.78 is 20.3. The van der Waals surface area contributed by atoms with E-state index in [2.05, 4.69) is 59.5 Å². The summed E-state index contributed by atoms with van der Waals surface area (Å²) in [6.45, 7) is 17.9. The van der Waals surface area contributed by atoms with Gasteiger partial charge in [-0.05, 0) is 108 Å². The lowest BCUT2D eigenvalue weighted by Crippen LogP contribution is -2.68. The molecule has 0 unspecified atom stereocenters. The number of benzene rings is 1. The molecule has 2 aromatic heterocycles. The maximum absolute atomic E-state index is 14.9. The number of allylic oxidation sites excluding steroid dienone is 1. The Hall–Kier alpha value is -3.56. The minimum Gasteiger partial charge on any atom is -0.497 e. The van der Waals surface area contributed by atoms with Crippen molar-refractivity contribution in [2.24, 2.45) is 56.7 Å². The topological polar surface area (TPSA) is 109 Å². The number of nitrogens with zero attached hydrogens (tertiary/aromatic N) is 4. The Bertz CT molecular complexity index is 1890. The second-order valence-corrected chi connectivity index (χ2v) is 18.9. The van der Waals surface area contributed by atoms with E-state index >= 15 is 0 Å². The lowest BCUT2D eigenvalue weighted by molar-refractivity contribution is -0.241. The molecule has 3 heterocycles. The predicted molar refractivity (Wildman–Crippen MR) is 207 cm³/mol. The van der Waals surface area contributed by atoms with Crippen LogP contribution in [0.15, 0.2) is 66.8 Å². The molecule has 54 heavy (non-hydrogen) atoms. The molecule has 4 aliphatic carbocycles. The standard InChI is InChI=1S/C45H60N4O5/c1-28(2)29(3)41(4)19-20-43(6)33-13-14-36-42(5)25-53-26-45(36,23-35(38(42)50)49-39(47-27-48-49)31-16-21-46-22-17-31)34(33)15-18-44(43,7)37(41)40(51)54-24-30-9-11-32(52-8)12-10-30/h9-12,15-17,21-22,27-29,33,35-38,50H,13-14,18-20,23-26H2,1-8H3/t29-,33+,35-,36+,37-,38+,41-,42+,43-,44+,45+/m1/s1. The third kappa shape index (κ3) is 5.30. The van der Waals surface area contributed by atoms with Crippen LogP contribution in [0.2, 0.25) is 0 Å². The molecule has 0 spiro atoms. The third-order valence-corrected chi connectivity index (χ3v) is 16.5. The second kappa shape index (κ2) is 13.3. The zero-order valence-corrected chi connectivity index (χ0v) is 33.5. The van der Waals surface area contributed by atoms with Crippen LogP contribution >= 0.6 is 0 Å². The maximum Gasteiger partial charge on any atom is 0.310 e. The van der Waals surface area contributed by atoms with Crippen molar-refractivity contribution in [2.45, 2.75) is 106 Å². The Balaban J connectivity index is 1.19. The van der Waals surface area contributed by atoms with Crippen LogP contribution < -0.4 is 4.74 Å². The van der Waals surface area contributed by atoms with Crippen molar-refractivity contribution in [1.29, 1.82) is 0 Å². The Morgan fingerprint density at radius 1 is 1.00 bits per heavy atom. The van der Waals surface area contributed by atoms with Crippen molar-refractivity contribution < 1.29 is 24.1 Å². The molecule has 3 aromatic rings. The quantitative estimate of drug-likeness (QED) is 0.181. The fourth-order valence-corrected chi connectivity index (χ4v) is 13.0. The van der Waals surface area contributed by atoms with E-state index in [0.717, 1.165) is 61.2 Å². The number of fused-ring (bicyclic) bond motifs is 3. The minimum atomic E-state index is -0.641. The first-order valence-electron chi connectivity index (χ1n) is 20.3. The van der Waals surface area contributed by atoms with Gasteiger partial charge in [-0.2, -0.15) is 5.10 Å². The van der Waals surface area contributed by atoms with E-state index in [9.17, 15) is 9.90 Å². The van der Waals surface area contributed by atoms with Gasteiger partial charge in [0.25, 0.3) is 0 Å². The van der Waals surface area contributed by atoms with Gasteiger partial charge in [-0.1, -0.05) is 72.2 Å². The van der Waals surface area contributed by atoms with Crippen molar-refractivity contribution in [1.82, 2.24) is 19.7 Å². The SMILES string of the molecule is COc1ccc(COC(=O)[C@@H]2[C@@](C)([C@H](C)C(C)C)CC[C@]3(C)[C@H]4CC[C@@H]5[C@@]6(COC[C@]5(C)[C@@H](O)[C@H](n5ncnc5-c5ccncc5)C6)C4=CC[C@@]23C)cc1. The van der Waals surface area contributed by atoms with Gasteiger partial charge >= 0.3 is 5.97 Å². The summed E-state index contributed by atoms with van der Waals surface area (Å²) in [6, 6.07) is 11.5. The number of aliphatic hydroxyl groups excluding tert-OH is 1. The Labute approximate surface area is 321 Å². The van der Waals surface area contributed by atoms with Crippen LogP contribution in [-0.4, -0.2) is 57.3 Å². The van der Waals surface area contributed by atoms with E-state index < -0.39 is 11.5 Å². The number of ether oxygens (including phenoxy) is 3. The van der Waals surface area contributed by atoms with E-state index in [4.69, 9.17) is 24.3 Å². The maximum atomic E-state index is 14.9. The highest BCUT2D eigenvalue weighted by Gasteiger charge is 2.71. The van der Waals surface area contributed by atoms with Gasteiger partial charge in [-0.15, -0.1) is 0 Å². The first-order valence-corrected chi connectivity index (χ1v) is 20.3. The van der Waals surface area contributed by atoms with Gasteiger partial charge in [0.15, 0.2) is 5.82 Å². The van der Waals surface area contributed by atoms with Crippen LogP contribution in [0.25, 0.3) is 11.4 Å². The van der Waals surface area contributed by atoms with Crippen molar-refractivity contribution in [2.75, 3.05) is 20.3 Å². The molecule has 4 fully saturated rings. The second-order valence-electron chi connectivity index (χ2n) is 18.9. The molecule has 1 N–H and O–H groups in total. The number of hydrogen-bond donors (Lipinski definition) is 1. The largest absolute Gasteiger partial charge is 0.497 e. The molecule has 0 amide bonds. The molecular formula is C45H60N4O5. The number of pyridine rings is 1. The number of carbonyl (C=O) groups excluding carboxylic acids is 1. The van der Waals surface area contributed by atoms with E-state index in [-0.39, 0.29) is 52.1 Å². The number of aliphatic hydroxyl groups is 1. The minimum absolute atomic E-state index is 0.0674. The van der Waals surface area contributed by atoms with E-state index in [1.165, 1.54) is 5.57 Å². The fourth-order valence-electron chi connectivity index (χ4n) is 13.0. The molecule has 1 aromatic carbocycles. The van der Waals surface area contributed by atoms with Crippen molar-refractivity contribution in [3.05, 3.63) is 72.3 Å². The highest BCUT2D eigenvalue weighted by Crippen LogP contribution is 2.75. The van der Waals surface area contributed by atoms with E-state index in [1.54, 1.807) is 25.8 Å². The molecule has 8 rings (SSSR count). The lowest BCUT2D eigenvalue weighted by atomic mass is 9.34. The molecule has 3 saturated carbocycles. The number of aromatic nitrogens is 4. The molecule has 9 nitrogen and oxygen atoms in total. The highest BCUT2D eigenvalue weighted by molar-refractivity contribution is 5.75. The Morgan fingerprint density at radius 2 is 1.74 bits per heavy atom. The summed E-state index contributed by atoms with van der Waals surface area (Å²) in [7, 11) is 1.66. The first-order chi connectivity index (χ1) is 25.7. The van der Waals surface area contributed by atoms with Crippen LogP contribution in [0.4, 0.5) is 0 Å². The van der Waals surface area contributed by atoms with Gasteiger partial charge in [0.2, 0.25) is 0 Å². The number of carbonyl (C=O) groups is 1. The van der Waals surface area contributed by atoms with Gasteiger partial charge < -0.3 is 19.3 Å². The number of hydrogen-bond acceptors (Lipinski definition) is 8. The molecule has 11 atom stereocenters. The molecule has 2 bridgehead atoms. The highest BCUT2D eigenvalue weighted by atomic mass is 16.5. The van der Waals surface area contributed by atoms with Crippen molar-refractivity contribution in [3.63, 3.8) is 0 Å². The summed E-state index contributed by atoms with van der Waals surface area (Å²) in [5, 5.41) is 17.1. The summed E-state index contributed by atoms with van der Waals surface area (Å²) in [4.78, 5) is 23.8. The van der Waals surface area contributed by atoms with Gasteiger partial charge in [0.05, 0.1) is 38.4 Å². The van der Waals surface area contributed by atoms with Crippen molar-refractivity contribution in [3.8, 4) is 17.1 Å². The number of methoxy groups -OCH3 is 1. The van der Waals surface area contributed by atoms with Crippen LogP contribution in [0, 0.1) is 56.7 Å². The number of rotatable bonds is 8. The van der Waals surface area contributed by atoms with E-state index in [0.29, 0.717) is 31.0 Å². The average Bonchev–Trinajstić information content (AvgIpc) is 3.66. The zero-order chi connectivity index (χ0) is 38.3. The van der Waals surface area contributed by atoms with Gasteiger partial charge in [-0.25, -0.2) is 9.67 Å². The summed E-state index contributed by atoms with van der Waals surface area (Å²) in [5.74, 6) is 2.56. The van der Waals surface area contributed by atoms with Crippen LogP contribution in [-0.2, 0) is 20.9 Å². The van der Waals surface area contributed by atoms with E-state index in [1.807, 2.05) is 41.1 Å². The van der Waals surface area contributed by atoms with Crippen LogP contribution in [0.3, 0.4) is 0 Å². The summed E-state index contributed by atoms with van der Waals surface area (Å²) in [5.41, 5.74) is 2.04. The lowest BCUT2D eigenvalue weighted by Gasteiger charge is -2.71. The average molecular weight is 737 g/mol. The van der Waals surface area contributed by atoms with Gasteiger partial charge in [0, 0.05) is 28.8 Å². The number of esters is 1. The predicted octanol–water partition coefficient (Wildman–Crippen LogP) is 8.50. The first kappa shape index (κ1) is 37.4. The third-order valence-electron chi connectivity index (χ3n) is 16.5. The Kier molecular flexibility index (Phi) is 9.19. The van der Waals surface area contributed by atoms with Crippen LogP contribution in [0.5, 0.6) is 5.75 Å². The van der Waals surface area contributed by atoms with Crippen LogP contribution in [0.1, 0.15) is 98.6 Å². The Morgan fingerprint density at radius 3 is 2.44 bits per heavy atom. The molecule has 5 aliphatic rings.